The fraction of sp³-hybridized carbons (Fsp3) is 0.692. The third-order valence-electron chi connectivity index (χ3n) is 3.71. The molecule has 100 valence electrons. The summed E-state index contributed by atoms with van der Waals surface area (Å²) in [5.41, 5.74) is 6.65. The molecule has 1 fully saturated rings. The van der Waals surface area contributed by atoms with Crippen molar-refractivity contribution in [2.24, 2.45) is 11.7 Å². The van der Waals surface area contributed by atoms with Gasteiger partial charge in [-0.15, -0.1) is 0 Å². The Labute approximate surface area is 107 Å². The Balaban J connectivity index is 2.29. The minimum atomic E-state index is -0.0883. The molecule has 2 unspecified atom stereocenters. The molecule has 0 aliphatic heterocycles. The largest absolute Gasteiger partial charge is 0.493 e. The van der Waals surface area contributed by atoms with Crippen molar-refractivity contribution in [1.29, 1.82) is 0 Å². The van der Waals surface area contributed by atoms with Crippen LogP contribution in [0.25, 0.3) is 0 Å². The van der Waals surface area contributed by atoms with Crippen molar-refractivity contribution >= 4 is 5.78 Å². The van der Waals surface area contributed by atoms with Gasteiger partial charge in [0.1, 0.15) is 5.69 Å². The van der Waals surface area contributed by atoms with Crippen LogP contribution in [-0.2, 0) is 6.54 Å². The molecule has 5 heteroatoms. The van der Waals surface area contributed by atoms with Crippen LogP contribution >= 0.6 is 0 Å². The summed E-state index contributed by atoms with van der Waals surface area (Å²) >= 11 is 0. The van der Waals surface area contributed by atoms with Crippen LogP contribution in [0.15, 0.2) is 6.20 Å². The molecule has 1 aromatic heterocycles. The van der Waals surface area contributed by atoms with Gasteiger partial charge in [-0.2, -0.15) is 5.10 Å². The van der Waals surface area contributed by atoms with Gasteiger partial charge in [0.05, 0.1) is 13.3 Å². The van der Waals surface area contributed by atoms with Crippen molar-refractivity contribution in [2.45, 2.75) is 45.2 Å². The minimum absolute atomic E-state index is 0.0313. The molecule has 2 N–H and O–H groups in total. The quantitative estimate of drug-likeness (QED) is 0.825. The molecule has 18 heavy (non-hydrogen) atoms. The van der Waals surface area contributed by atoms with E-state index in [0.29, 0.717) is 18.0 Å². The summed E-state index contributed by atoms with van der Waals surface area (Å²) in [4.78, 5) is 12.6. The number of rotatable bonds is 4. The maximum Gasteiger partial charge on any atom is 0.189 e. The standard InChI is InChI=1S/C13H21N3O2/c1-3-16-12(11(18-2)8-15-16)13(17)9-6-4-5-7-10(9)14/h8-10H,3-7,14H2,1-2H3. The normalized spacial score (nSPS) is 23.9. The molecule has 1 aliphatic rings. The number of Topliss-reactive ketones (excluding diaryl/α,β-unsaturated/α-hetero) is 1. The van der Waals surface area contributed by atoms with Gasteiger partial charge in [0.25, 0.3) is 0 Å². The minimum Gasteiger partial charge on any atom is -0.493 e. The van der Waals surface area contributed by atoms with Gasteiger partial charge in [0.2, 0.25) is 0 Å². The molecular formula is C13H21N3O2. The second kappa shape index (κ2) is 5.52. The number of ketones is 1. The van der Waals surface area contributed by atoms with Gasteiger partial charge in [0, 0.05) is 18.5 Å². The summed E-state index contributed by atoms with van der Waals surface area (Å²) in [6, 6.07) is -0.0313. The molecule has 0 saturated heterocycles. The number of aryl methyl sites for hydroxylation is 1. The van der Waals surface area contributed by atoms with Gasteiger partial charge in [-0.3, -0.25) is 9.48 Å². The number of nitrogens with zero attached hydrogens (tertiary/aromatic N) is 2. The number of ether oxygens (including phenoxy) is 1. The first-order valence-corrected chi connectivity index (χ1v) is 6.58. The lowest BCUT2D eigenvalue weighted by atomic mass is 9.81. The zero-order valence-corrected chi connectivity index (χ0v) is 11.1. The number of aromatic nitrogens is 2. The number of hydrogen-bond donors (Lipinski definition) is 1. The first-order valence-electron chi connectivity index (χ1n) is 6.58. The SMILES string of the molecule is CCn1ncc(OC)c1C(=O)C1CCCCC1N. The van der Waals surface area contributed by atoms with Crippen LogP contribution < -0.4 is 10.5 Å². The monoisotopic (exact) mass is 251 g/mol. The summed E-state index contributed by atoms with van der Waals surface area (Å²) < 4.78 is 6.93. The smallest absolute Gasteiger partial charge is 0.189 e. The van der Waals surface area contributed by atoms with Crippen LogP contribution in [0.5, 0.6) is 5.75 Å². The molecule has 2 atom stereocenters. The number of carbonyl (C=O) groups is 1. The lowest BCUT2D eigenvalue weighted by Gasteiger charge is -2.27. The van der Waals surface area contributed by atoms with E-state index < -0.39 is 0 Å². The molecular weight excluding hydrogens is 230 g/mol. The molecule has 1 aromatic rings. The van der Waals surface area contributed by atoms with E-state index in [9.17, 15) is 4.79 Å². The first kappa shape index (κ1) is 13.1. The van der Waals surface area contributed by atoms with Gasteiger partial charge in [0.15, 0.2) is 11.5 Å². The summed E-state index contributed by atoms with van der Waals surface area (Å²) in [6.07, 6.45) is 5.60. The van der Waals surface area contributed by atoms with Crippen LogP contribution in [0.3, 0.4) is 0 Å². The maximum atomic E-state index is 12.6. The van der Waals surface area contributed by atoms with Gasteiger partial charge in [-0.05, 0) is 19.8 Å². The Morgan fingerprint density at radius 3 is 2.89 bits per heavy atom. The predicted molar refractivity (Wildman–Crippen MR) is 68.7 cm³/mol. The van der Waals surface area contributed by atoms with Gasteiger partial charge >= 0.3 is 0 Å². The average molecular weight is 251 g/mol. The van der Waals surface area contributed by atoms with Crippen molar-refractivity contribution in [3.8, 4) is 5.75 Å². The van der Waals surface area contributed by atoms with Crippen LogP contribution in [0.1, 0.15) is 43.1 Å². The highest BCUT2D eigenvalue weighted by molar-refractivity contribution is 5.99. The van der Waals surface area contributed by atoms with Crippen molar-refractivity contribution in [2.75, 3.05) is 7.11 Å². The molecule has 1 aliphatic carbocycles. The van der Waals surface area contributed by atoms with Crippen molar-refractivity contribution in [3.63, 3.8) is 0 Å². The Morgan fingerprint density at radius 1 is 1.56 bits per heavy atom. The topological polar surface area (TPSA) is 70.1 Å². The van der Waals surface area contributed by atoms with Crippen LogP contribution in [0.2, 0.25) is 0 Å². The highest BCUT2D eigenvalue weighted by Crippen LogP contribution is 2.29. The Hall–Kier alpha value is -1.36. The lowest BCUT2D eigenvalue weighted by Crippen LogP contribution is -2.38. The summed E-state index contributed by atoms with van der Waals surface area (Å²) in [7, 11) is 1.56. The van der Waals surface area contributed by atoms with Gasteiger partial charge in [-0.25, -0.2) is 0 Å². The second-order valence-electron chi connectivity index (χ2n) is 4.80. The molecule has 2 rings (SSSR count). The molecule has 0 amide bonds. The zero-order chi connectivity index (χ0) is 13.1. The maximum absolute atomic E-state index is 12.6. The Morgan fingerprint density at radius 2 is 2.28 bits per heavy atom. The molecule has 0 spiro atoms. The van der Waals surface area contributed by atoms with E-state index in [1.807, 2.05) is 6.92 Å². The fourth-order valence-electron chi connectivity index (χ4n) is 2.67. The van der Waals surface area contributed by atoms with Crippen LogP contribution in [-0.4, -0.2) is 28.7 Å². The number of methoxy groups -OCH3 is 1. The van der Waals surface area contributed by atoms with Crippen molar-refractivity contribution < 1.29 is 9.53 Å². The molecule has 0 aromatic carbocycles. The molecule has 1 heterocycles. The summed E-state index contributed by atoms with van der Waals surface area (Å²) in [6.45, 7) is 2.62. The molecule has 0 bridgehead atoms. The highest BCUT2D eigenvalue weighted by atomic mass is 16.5. The first-order chi connectivity index (χ1) is 8.69. The molecule has 1 saturated carbocycles. The lowest BCUT2D eigenvalue weighted by molar-refractivity contribution is 0.0856. The Kier molecular flexibility index (Phi) is 4.01. The van der Waals surface area contributed by atoms with E-state index in [0.717, 1.165) is 25.7 Å². The fourth-order valence-corrected chi connectivity index (χ4v) is 2.67. The van der Waals surface area contributed by atoms with E-state index in [1.54, 1.807) is 18.0 Å². The number of nitrogens with two attached hydrogens (primary N) is 1. The zero-order valence-electron chi connectivity index (χ0n) is 11.1. The number of carbonyl (C=O) groups excluding carboxylic acids is 1. The highest BCUT2D eigenvalue weighted by Gasteiger charge is 2.32. The van der Waals surface area contributed by atoms with E-state index in [1.165, 1.54) is 0 Å². The predicted octanol–water partition coefficient (Wildman–Crippen LogP) is 1.61. The molecule has 5 nitrogen and oxygen atoms in total. The van der Waals surface area contributed by atoms with E-state index in [2.05, 4.69) is 5.10 Å². The van der Waals surface area contributed by atoms with Crippen LogP contribution in [0, 0.1) is 5.92 Å². The van der Waals surface area contributed by atoms with E-state index in [-0.39, 0.29) is 17.7 Å². The second-order valence-corrected chi connectivity index (χ2v) is 4.80. The van der Waals surface area contributed by atoms with Crippen molar-refractivity contribution in [1.82, 2.24) is 9.78 Å². The van der Waals surface area contributed by atoms with E-state index >= 15 is 0 Å². The molecule has 0 radical (unpaired) electrons. The summed E-state index contributed by atoms with van der Waals surface area (Å²) in [5.74, 6) is 0.549. The van der Waals surface area contributed by atoms with Gasteiger partial charge in [-0.1, -0.05) is 12.8 Å². The third-order valence-corrected chi connectivity index (χ3v) is 3.71. The average Bonchev–Trinajstić information content (AvgIpc) is 2.81. The van der Waals surface area contributed by atoms with E-state index in [4.69, 9.17) is 10.5 Å². The Bertz CT molecular complexity index is 406. The van der Waals surface area contributed by atoms with Crippen LogP contribution in [0.4, 0.5) is 0 Å². The van der Waals surface area contributed by atoms with Crippen molar-refractivity contribution in [3.05, 3.63) is 11.9 Å². The number of hydrogen-bond acceptors (Lipinski definition) is 4. The van der Waals surface area contributed by atoms with Gasteiger partial charge < -0.3 is 10.5 Å². The third kappa shape index (κ3) is 2.27. The summed E-state index contributed by atoms with van der Waals surface area (Å²) in [5, 5.41) is 4.18.